The zero-order valence-corrected chi connectivity index (χ0v) is 22.7. The van der Waals surface area contributed by atoms with Crippen molar-refractivity contribution in [3.63, 3.8) is 0 Å². The molecule has 0 atom stereocenters. The lowest BCUT2D eigenvalue weighted by Crippen LogP contribution is -2.63. The van der Waals surface area contributed by atoms with Crippen LogP contribution < -0.4 is 30.9 Å². The zero-order chi connectivity index (χ0) is 27.4. The van der Waals surface area contributed by atoms with Crippen molar-refractivity contribution >= 4 is 78.8 Å². The Balaban J connectivity index is 1.29. The summed E-state index contributed by atoms with van der Waals surface area (Å²) in [5.41, 5.74) is 10.9. The van der Waals surface area contributed by atoms with Crippen LogP contribution in [0.1, 0.15) is 0 Å². The summed E-state index contributed by atoms with van der Waals surface area (Å²) >= 11 is 0. The van der Waals surface area contributed by atoms with Gasteiger partial charge in [0, 0.05) is 34.1 Å². The van der Waals surface area contributed by atoms with Gasteiger partial charge >= 0.3 is 0 Å². The van der Waals surface area contributed by atoms with Crippen molar-refractivity contribution in [3.05, 3.63) is 140 Å². The van der Waals surface area contributed by atoms with E-state index in [-0.39, 0.29) is 6.71 Å². The van der Waals surface area contributed by atoms with E-state index in [1.807, 2.05) is 0 Å². The minimum atomic E-state index is 0.0933. The highest BCUT2D eigenvalue weighted by Gasteiger charge is 2.48. The van der Waals surface area contributed by atoms with Crippen LogP contribution in [0.5, 0.6) is 11.5 Å². The molecule has 0 unspecified atom stereocenters. The lowest BCUT2D eigenvalue weighted by molar-refractivity contribution is 0.487. The highest BCUT2D eigenvalue weighted by atomic mass is 16.5. The molecule has 10 rings (SSSR count). The van der Waals surface area contributed by atoms with E-state index >= 15 is 0 Å². The number of hydrogen-bond acceptors (Lipinski definition) is 3. The fourth-order valence-electron chi connectivity index (χ4n) is 7.44. The number of anilines is 6. The van der Waals surface area contributed by atoms with Crippen molar-refractivity contribution in [3.8, 4) is 11.5 Å². The first-order valence-corrected chi connectivity index (χ1v) is 14.5. The Bertz CT molecular complexity index is 2120. The molecule has 3 heterocycles. The van der Waals surface area contributed by atoms with Crippen LogP contribution in [0.25, 0.3) is 21.5 Å². The maximum Gasteiger partial charge on any atom is 0.261 e. The van der Waals surface area contributed by atoms with E-state index in [0.717, 1.165) is 22.9 Å². The second kappa shape index (κ2) is 8.05. The minimum absolute atomic E-state index is 0.0933. The fourth-order valence-corrected chi connectivity index (χ4v) is 7.44. The molecule has 194 valence electrons. The molecule has 0 radical (unpaired) electrons. The second-order valence-corrected chi connectivity index (χ2v) is 11.4. The van der Waals surface area contributed by atoms with Crippen LogP contribution in [0.2, 0.25) is 0 Å². The first-order chi connectivity index (χ1) is 20.8. The first kappa shape index (κ1) is 22.2. The van der Waals surface area contributed by atoms with E-state index in [1.54, 1.807) is 0 Å². The summed E-state index contributed by atoms with van der Waals surface area (Å²) in [7, 11) is 0. The van der Waals surface area contributed by atoms with Gasteiger partial charge in [-0.1, -0.05) is 78.9 Å². The van der Waals surface area contributed by atoms with E-state index in [9.17, 15) is 0 Å². The fraction of sp³-hybridized carbons (Fsp3) is 0. The van der Waals surface area contributed by atoms with Gasteiger partial charge in [-0.25, -0.2) is 0 Å². The molecule has 0 saturated heterocycles. The number of nitrogens with zero attached hydrogens (tertiary/aromatic N) is 2. The van der Waals surface area contributed by atoms with Crippen LogP contribution in [0.4, 0.5) is 34.1 Å². The molecule has 0 amide bonds. The summed E-state index contributed by atoms with van der Waals surface area (Å²) in [4.78, 5) is 4.86. The maximum atomic E-state index is 6.70. The molecule has 0 fully saturated rings. The topological polar surface area (TPSA) is 15.7 Å². The van der Waals surface area contributed by atoms with Crippen LogP contribution in [0, 0.1) is 0 Å². The molecule has 7 aromatic carbocycles. The van der Waals surface area contributed by atoms with Crippen LogP contribution >= 0.6 is 0 Å². The van der Waals surface area contributed by atoms with Crippen molar-refractivity contribution < 1.29 is 4.74 Å². The van der Waals surface area contributed by atoms with Gasteiger partial charge < -0.3 is 14.5 Å². The van der Waals surface area contributed by atoms with Gasteiger partial charge in [0.15, 0.2) is 0 Å². The number of hydrogen-bond donors (Lipinski definition) is 0. The Kier molecular flexibility index (Phi) is 4.26. The van der Waals surface area contributed by atoms with Crippen LogP contribution in [0.15, 0.2) is 140 Å². The molecule has 3 aliphatic rings. The van der Waals surface area contributed by atoms with Crippen molar-refractivity contribution in [2.75, 3.05) is 9.80 Å². The third-order valence-electron chi connectivity index (χ3n) is 9.18. The molecule has 0 spiro atoms. The molecule has 0 saturated carbocycles. The maximum absolute atomic E-state index is 6.70. The molecular formula is C38H23BN2O. The molecular weight excluding hydrogens is 511 g/mol. The number of rotatable bonds is 2. The first-order valence-electron chi connectivity index (χ1n) is 14.5. The standard InChI is InChI=1S/C38H23BN2O/c1-3-10-26-22-28(20-18-24(26)8-1)40-30-12-5-13-31-36(30)39-37-32(40)14-6-16-34(37)42-35-17-7-15-33(38(35)39)41(31)29-21-19-25-9-2-4-11-27(25)23-29/h1-23H. The average molecular weight is 534 g/mol. The molecule has 7 aromatic rings. The Labute approximate surface area is 243 Å². The van der Waals surface area contributed by atoms with Crippen LogP contribution in [-0.2, 0) is 0 Å². The summed E-state index contributed by atoms with van der Waals surface area (Å²) in [5.74, 6) is 1.88. The third kappa shape index (κ3) is 2.86. The van der Waals surface area contributed by atoms with E-state index in [1.165, 1.54) is 60.7 Å². The minimum Gasteiger partial charge on any atom is -0.458 e. The third-order valence-corrected chi connectivity index (χ3v) is 9.18. The van der Waals surface area contributed by atoms with Gasteiger partial charge in [-0.15, -0.1) is 0 Å². The molecule has 0 aromatic heterocycles. The summed E-state index contributed by atoms with van der Waals surface area (Å²) in [6, 6.07) is 50.5. The monoisotopic (exact) mass is 534 g/mol. The second-order valence-electron chi connectivity index (χ2n) is 11.4. The zero-order valence-electron chi connectivity index (χ0n) is 22.7. The van der Waals surface area contributed by atoms with Gasteiger partial charge in [0.05, 0.1) is 0 Å². The van der Waals surface area contributed by atoms with E-state index in [0.29, 0.717) is 0 Å². The van der Waals surface area contributed by atoms with Crippen LogP contribution in [0.3, 0.4) is 0 Å². The summed E-state index contributed by atoms with van der Waals surface area (Å²) < 4.78 is 6.70. The van der Waals surface area contributed by atoms with Gasteiger partial charge in [-0.05, 0) is 98.6 Å². The predicted octanol–water partition coefficient (Wildman–Crippen LogP) is 8.18. The molecule has 0 N–H and O–H groups in total. The molecule has 42 heavy (non-hydrogen) atoms. The Morgan fingerprint density at radius 2 is 0.810 bits per heavy atom. The quantitative estimate of drug-likeness (QED) is 0.208. The molecule has 3 nitrogen and oxygen atoms in total. The average Bonchev–Trinajstić information content (AvgIpc) is 3.04. The molecule has 4 heteroatoms. The van der Waals surface area contributed by atoms with Crippen molar-refractivity contribution in [1.82, 2.24) is 0 Å². The highest BCUT2D eigenvalue weighted by Crippen LogP contribution is 2.48. The van der Waals surface area contributed by atoms with Crippen LogP contribution in [-0.4, -0.2) is 6.71 Å². The van der Waals surface area contributed by atoms with Gasteiger partial charge in [0.1, 0.15) is 11.5 Å². The normalized spacial score (nSPS) is 13.8. The highest BCUT2D eigenvalue weighted by molar-refractivity contribution is 7.01. The van der Waals surface area contributed by atoms with E-state index in [2.05, 4.69) is 149 Å². The molecule has 0 bridgehead atoms. The molecule has 0 aliphatic carbocycles. The largest absolute Gasteiger partial charge is 0.458 e. The smallest absolute Gasteiger partial charge is 0.261 e. The Morgan fingerprint density at radius 3 is 1.31 bits per heavy atom. The van der Waals surface area contributed by atoms with Gasteiger partial charge in [-0.2, -0.15) is 0 Å². The van der Waals surface area contributed by atoms with Crippen molar-refractivity contribution in [1.29, 1.82) is 0 Å². The lowest BCUT2D eigenvalue weighted by Gasteiger charge is -2.46. The Morgan fingerprint density at radius 1 is 0.381 bits per heavy atom. The van der Waals surface area contributed by atoms with Crippen molar-refractivity contribution in [2.24, 2.45) is 0 Å². The SMILES string of the molecule is c1cc2c3c(c1)N(c1ccc4ccccc4c1)c1cccc4c1B3c1c(cccc1N4c1ccc3ccccc3c1)O2. The Hall–Kier alpha value is -5.48. The van der Waals surface area contributed by atoms with Gasteiger partial charge in [0.25, 0.3) is 6.71 Å². The van der Waals surface area contributed by atoms with Crippen molar-refractivity contribution in [2.45, 2.75) is 0 Å². The number of fused-ring (bicyclic) bond motifs is 2. The van der Waals surface area contributed by atoms with Gasteiger partial charge in [-0.3, -0.25) is 0 Å². The summed E-state index contributed by atoms with van der Waals surface area (Å²) in [6.45, 7) is 0.0933. The number of benzene rings is 7. The van der Waals surface area contributed by atoms with Gasteiger partial charge in [0.2, 0.25) is 0 Å². The lowest BCUT2D eigenvalue weighted by atomic mass is 9.32. The summed E-state index contributed by atoms with van der Waals surface area (Å²) in [5, 5.41) is 4.94. The predicted molar refractivity (Wildman–Crippen MR) is 176 cm³/mol. The number of ether oxygens (including phenoxy) is 1. The molecule has 3 aliphatic heterocycles. The van der Waals surface area contributed by atoms with E-state index in [4.69, 9.17) is 4.74 Å². The summed E-state index contributed by atoms with van der Waals surface area (Å²) in [6.07, 6.45) is 0. The van der Waals surface area contributed by atoms with E-state index < -0.39 is 0 Å².